The molecule has 0 unspecified atom stereocenters. The van der Waals surface area contributed by atoms with Gasteiger partial charge in [0.25, 0.3) is 5.56 Å². The van der Waals surface area contributed by atoms with Gasteiger partial charge in [-0.3, -0.25) is 9.59 Å². The fourth-order valence-electron chi connectivity index (χ4n) is 3.35. The summed E-state index contributed by atoms with van der Waals surface area (Å²) in [6, 6.07) is 3.45. The number of nitrogens with one attached hydrogen (secondary N) is 1. The van der Waals surface area contributed by atoms with Crippen molar-refractivity contribution in [2.45, 2.75) is 19.5 Å². The minimum Gasteiger partial charge on any atom is -0.493 e. The third-order valence-corrected chi connectivity index (χ3v) is 4.78. The molecular weight excluding hydrogens is 350 g/mol. The number of fused-ring (bicyclic) bond motifs is 2. The molecule has 3 heterocycles. The number of methoxy groups -OCH3 is 2. The fraction of sp³-hybridized carbons (Fsp3) is 0.333. The van der Waals surface area contributed by atoms with Crippen molar-refractivity contribution in [3.8, 4) is 11.5 Å². The molecule has 0 aliphatic carbocycles. The lowest BCUT2D eigenvalue weighted by molar-refractivity contribution is -0.133. The molecule has 9 nitrogen and oxygen atoms in total. The first kappa shape index (κ1) is 17.1. The summed E-state index contributed by atoms with van der Waals surface area (Å²) in [5.74, 6) is 0.615. The quantitative estimate of drug-likeness (QED) is 0.727. The first-order valence-electron chi connectivity index (χ1n) is 8.52. The largest absolute Gasteiger partial charge is 0.493 e. The van der Waals surface area contributed by atoms with E-state index < -0.39 is 5.56 Å². The number of aromatic nitrogens is 4. The van der Waals surface area contributed by atoms with Crippen LogP contribution in [0.25, 0.3) is 10.8 Å². The second-order valence-electron chi connectivity index (χ2n) is 6.27. The van der Waals surface area contributed by atoms with E-state index in [0.717, 1.165) is 16.1 Å². The van der Waals surface area contributed by atoms with Crippen LogP contribution in [0.2, 0.25) is 0 Å². The Labute approximate surface area is 154 Å². The monoisotopic (exact) mass is 369 g/mol. The van der Waals surface area contributed by atoms with Crippen molar-refractivity contribution in [3.05, 3.63) is 46.4 Å². The van der Waals surface area contributed by atoms with Gasteiger partial charge in [0, 0.05) is 18.4 Å². The minimum absolute atomic E-state index is 0.140. The Bertz CT molecular complexity index is 1070. The number of ether oxygens (including phenoxy) is 2. The maximum atomic E-state index is 12.9. The lowest BCUT2D eigenvalue weighted by Gasteiger charge is -2.26. The highest BCUT2D eigenvalue weighted by molar-refractivity contribution is 5.89. The fourth-order valence-corrected chi connectivity index (χ4v) is 3.35. The zero-order valence-electron chi connectivity index (χ0n) is 15.1. The van der Waals surface area contributed by atoms with Crippen molar-refractivity contribution >= 4 is 16.7 Å². The van der Waals surface area contributed by atoms with E-state index in [0.29, 0.717) is 41.8 Å². The highest BCUT2D eigenvalue weighted by Crippen LogP contribution is 2.32. The lowest BCUT2D eigenvalue weighted by atomic mass is 10.1. The van der Waals surface area contributed by atoms with Crippen molar-refractivity contribution in [1.29, 1.82) is 0 Å². The molecule has 0 saturated heterocycles. The number of carbonyl (C=O) groups is 1. The molecule has 1 aliphatic heterocycles. The van der Waals surface area contributed by atoms with Crippen LogP contribution in [0.3, 0.4) is 0 Å². The number of hydrogen-bond donors (Lipinski definition) is 1. The molecule has 140 valence electrons. The van der Waals surface area contributed by atoms with E-state index in [2.05, 4.69) is 15.1 Å². The summed E-state index contributed by atoms with van der Waals surface area (Å²) in [4.78, 5) is 34.6. The van der Waals surface area contributed by atoms with Gasteiger partial charge in [0.1, 0.15) is 6.54 Å². The summed E-state index contributed by atoms with van der Waals surface area (Å²) in [5, 5.41) is 5.11. The molecule has 0 radical (unpaired) electrons. The van der Waals surface area contributed by atoms with Crippen molar-refractivity contribution in [2.24, 2.45) is 0 Å². The third kappa shape index (κ3) is 2.90. The Morgan fingerprint density at radius 3 is 2.93 bits per heavy atom. The number of aromatic amines is 1. The van der Waals surface area contributed by atoms with Gasteiger partial charge in [0.15, 0.2) is 11.5 Å². The van der Waals surface area contributed by atoms with Gasteiger partial charge in [-0.1, -0.05) is 0 Å². The molecule has 1 aromatic carbocycles. The highest BCUT2D eigenvalue weighted by Gasteiger charge is 2.23. The summed E-state index contributed by atoms with van der Waals surface area (Å²) in [5.41, 5.74) is 1.52. The molecule has 9 heteroatoms. The van der Waals surface area contributed by atoms with Crippen molar-refractivity contribution < 1.29 is 14.3 Å². The van der Waals surface area contributed by atoms with E-state index in [1.165, 1.54) is 14.2 Å². The molecule has 1 aliphatic rings. The van der Waals surface area contributed by atoms with Gasteiger partial charge in [-0.25, -0.2) is 9.67 Å². The molecule has 1 amide bonds. The van der Waals surface area contributed by atoms with E-state index in [-0.39, 0.29) is 12.5 Å². The molecule has 0 saturated carbocycles. The number of nitrogens with zero attached hydrogens (tertiary/aromatic N) is 4. The predicted octanol–water partition coefficient (Wildman–Crippen LogP) is 0.722. The van der Waals surface area contributed by atoms with Gasteiger partial charge in [0.05, 0.1) is 50.1 Å². The van der Waals surface area contributed by atoms with Crippen LogP contribution in [0.4, 0.5) is 0 Å². The number of benzene rings is 1. The van der Waals surface area contributed by atoms with Crippen LogP contribution < -0.4 is 15.0 Å². The van der Waals surface area contributed by atoms with Gasteiger partial charge >= 0.3 is 0 Å². The Balaban J connectivity index is 1.65. The zero-order chi connectivity index (χ0) is 19.0. The second-order valence-corrected chi connectivity index (χ2v) is 6.27. The number of amides is 1. The van der Waals surface area contributed by atoms with E-state index in [1.54, 1.807) is 29.6 Å². The summed E-state index contributed by atoms with van der Waals surface area (Å²) in [6.45, 7) is 0.877. The van der Waals surface area contributed by atoms with Gasteiger partial charge in [-0.15, -0.1) is 0 Å². The average Bonchev–Trinajstić information content (AvgIpc) is 3.16. The smallest absolute Gasteiger partial charge is 0.279 e. The van der Waals surface area contributed by atoms with Crippen LogP contribution in [-0.2, 0) is 24.3 Å². The van der Waals surface area contributed by atoms with Crippen molar-refractivity contribution in [3.63, 3.8) is 0 Å². The molecule has 1 N–H and O–H groups in total. The first-order valence-corrected chi connectivity index (χ1v) is 8.52. The SMILES string of the molecule is COc1ccc2cnn(CC(=O)N3CCc4nc[nH]c4C3)c(=O)c2c1OC. The van der Waals surface area contributed by atoms with Crippen LogP contribution >= 0.6 is 0 Å². The van der Waals surface area contributed by atoms with E-state index in [1.807, 2.05) is 0 Å². The topological polar surface area (TPSA) is 102 Å². The summed E-state index contributed by atoms with van der Waals surface area (Å²) >= 11 is 0. The van der Waals surface area contributed by atoms with Crippen LogP contribution in [0, 0.1) is 0 Å². The number of imidazole rings is 1. The first-order chi connectivity index (χ1) is 13.1. The number of rotatable bonds is 4. The Hall–Kier alpha value is -3.36. The molecule has 4 rings (SSSR count). The zero-order valence-corrected chi connectivity index (χ0v) is 15.1. The maximum absolute atomic E-state index is 12.9. The Kier molecular flexibility index (Phi) is 4.27. The second kappa shape index (κ2) is 6.75. The maximum Gasteiger partial charge on any atom is 0.279 e. The average molecular weight is 369 g/mol. The number of carbonyl (C=O) groups excluding carboxylic acids is 1. The van der Waals surface area contributed by atoms with Gasteiger partial charge in [-0.05, 0) is 12.1 Å². The molecule has 0 fully saturated rings. The lowest BCUT2D eigenvalue weighted by Crippen LogP contribution is -2.40. The van der Waals surface area contributed by atoms with E-state index >= 15 is 0 Å². The molecule has 0 bridgehead atoms. The van der Waals surface area contributed by atoms with Crippen molar-refractivity contribution in [2.75, 3.05) is 20.8 Å². The standard InChI is InChI=1S/C18H19N5O4/c1-26-14-4-3-11-7-21-23(18(25)16(11)17(14)27-2)9-15(24)22-6-5-12-13(8-22)20-10-19-12/h3-4,7,10H,5-6,8-9H2,1-2H3,(H,19,20). The summed E-state index contributed by atoms with van der Waals surface area (Å²) in [7, 11) is 2.98. The van der Waals surface area contributed by atoms with Gasteiger partial charge in [0.2, 0.25) is 5.91 Å². The molecular formula is C18H19N5O4. The molecule has 0 spiro atoms. The van der Waals surface area contributed by atoms with Crippen LogP contribution in [0.15, 0.2) is 29.5 Å². The number of hydrogen-bond acceptors (Lipinski definition) is 6. The molecule has 3 aromatic rings. The van der Waals surface area contributed by atoms with E-state index in [4.69, 9.17) is 9.47 Å². The number of H-pyrrole nitrogens is 1. The normalized spacial score (nSPS) is 13.5. The molecule has 0 atom stereocenters. The van der Waals surface area contributed by atoms with Crippen LogP contribution in [0.5, 0.6) is 11.5 Å². The summed E-state index contributed by atoms with van der Waals surface area (Å²) < 4.78 is 11.8. The molecule has 27 heavy (non-hydrogen) atoms. The predicted molar refractivity (Wildman–Crippen MR) is 96.8 cm³/mol. The molecule has 2 aromatic heterocycles. The highest BCUT2D eigenvalue weighted by atomic mass is 16.5. The van der Waals surface area contributed by atoms with Gasteiger partial charge < -0.3 is 19.4 Å². The Morgan fingerprint density at radius 1 is 1.30 bits per heavy atom. The minimum atomic E-state index is -0.393. The van der Waals surface area contributed by atoms with E-state index in [9.17, 15) is 9.59 Å². The van der Waals surface area contributed by atoms with Crippen LogP contribution in [0.1, 0.15) is 11.4 Å². The van der Waals surface area contributed by atoms with Gasteiger partial charge in [-0.2, -0.15) is 5.10 Å². The van der Waals surface area contributed by atoms with Crippen LogP contribution in [-0.4, -0.2) is 51.3 Å². The third-order valence-electron chi connectivity index (χ3n) is 4.78. The summed E-state index contributed by atoms with van der Waals surface area (Å²) in [6.07, 6.45) is 3.87. The van der Waals surface area contributed by atoms with Crippen molar-refractivity contribution in [1.82, 2.24) is 24.6 Å². The Morgan fingerprint density at radius 2 is 2.15 bits per heavy atom.